The number of carbonyl (C=O) groups excluding carboxylic acids is 2. The number of halogens is 3. The highest BCUT2D eigenvalue weighted by molar-refractivity contribution is 5.80. The zero-order valence-corrected chi connectivity index (χ0v) is 18.9. The quantitative estimate of drug-likeness (QED) is 0.182. The predicted molar refractivity (Wildman–Crippen MR) is 115 cm³/mol. The first-order valence-corrected chi connectivity index (χ1v) is 11.1. The van der Waals surface area contributed by atoms with E-state index in [4.69, 9.17) is 0 Å². The van der Waals surface area contributed by atoms with Crippen molar-refractivity contribution < 1.29 is 28.0 Å². The van der Waals surface area contributed by atoms with Crippen molar-refractivity contribution in [1.82, 2.24) is 25.4 Å². The summed E-state index contributed by atoms with van der Waals surface area (Å²) in [5.74, 6) is -1.76. The number of hydroxylamine groups is 2. The lowest BCUT2D eigenvalue weighted by molar-refractivity contribution is -0.154. The molecular weight excluding hydrogens is 443 g/mol. The summed E-state index contributed by atoms with van der Waals surface area (Å²) in [5, 5.41) is 9.80. The van der Waals surface area contributed by atoms with Crippen LogP contribution in [0.3, 0.4) is 0 Å². The number of hydrogen-bond acceptors (Lipinski definition) is 8. The van der Waals surface area contributed by atoms with Crippen molar-refractivity contribution in [2.75, 3.05) is 49.6 Å². The molecule has 13 heteroatoms. The van der Waals surface area contributed by atoms with Crippen LogP contribution in [-0.2, 0) is 15.8 Å². The lowest BCUT2D eigenvalue weighted by atomic mass is 10.0. The number of alkyl halides is 3. The van der Waals surface area contributed by atoms with Crippen molar-refractivity contribution in [2.45, 2.75) is 45.7 Å². The minimum Gasteiger partial charge on any atom is -0.366 e. The van der Waals surface area contributed by atoms with Gasteiger partial charge in [0.25, 0.3) is 0 Å². The van der Waals surface area contributed by atoms with E-state index in [2.05, 4.69) is 25.7 Å². The van der Waals surface area contributed by atoms with Crippen LogP contribution >= 0.6 is 0 Å². The molecular formula is C20H32F3N7O3. The van der Waals surface area contributed by atoms with Gasteiger partial charge in [-0.25, -0.2) is 15.0 Å². The molecule has 1 aromatic rings. The van der Waals surface area contributed by atoms with Gasteiger partial charge in [-0.05, 0) is 13.0 Å². The van der Waals surface area contributed by atoms with Gasteiger partial charge >= 0.3 is 6.18 Å². The van der Waals surface area contributed by atoms with Gasteiger partial charge in [-0.15, -0.1) is 0 Å². The van der Waals surface area contributed by atoms with Gasteiger partial charge in [-0.1, -0.05) is 33.1 Å². The Morgan fingerprint density at radius 3 is 2.55 bits per heavy atom. The van der Waals surface area contributed by atoms with Crippen LogP contribution in [0, 0.1) is 5.92 Å². The molecule has 1 aromatic heterocycles. The molecule has 0 aliphatic carbocycles. The number of hydrogen-bond donors (Lipinski definition) is 3. The number of unbranched alkanes of at least 4 members (excludes halogenated alkanes) is 2. The van der Waals surface area contributed by atoms with Gasteiger partial charge in [0.15, 0.2) is 5.69 Å². The number of rotatable bonds is 12. The lowest BCUT2D eigenvalue weighted by Gasteiger charge is -2.36. The van der Waals surface area contributed by atoms with E-state index in [0.717, 1.165) is 25.6 Å². The maximum absolute atomic E-state index is 13.7. The van der Waals surface area contributed by atoms with Crippen LogP contribution in [0.25, 0.3) is 0 Å². The van der Waals surface area contributed by atoms with E-state index in [9.17, 15) is 28.0 Å². The fourth-order valence-corrected chi connectivity index (χ4v) is 3.62. The Hall–Kier alpha value is -2.67. The highest BCUT2D eigenvalue weighted by atomic mass is 19.4. The minimum absolute atomic E-state index is 0.102. The van der Waals surface area contributed by atoms with Crippen molar-refractivity contribution in [2.24, 2.45) is 5.92 Å². The van der Waals surface area contributed by atoms with Crippen LogP contribution in [0.4, 0.5) is 24.8 Å². The number of nitrogens with zero attached hydrogens (tertiary/aromatic N) is 5. The summed E-state index contributed by atoms with van der Waals surface area (Å²) in [6.07, 6.45) is -0.561. The van der Waals surface area contributed by atoms with E-state index in [1.807, 2.05) is 13.8 Å². The van der Waals surface area contributed by atoms with Gasteiger partial charge in [0.05, 0.1) is 24.3 Å². The van der Waals surface area contributed by atoms with Crippen molar-refractivity contribution in [3.8, 4) is 0 Å². The Morgan fingerprint density at radius 1 is 1.27 bits per heavy atom. The third-order valence-electron chi connectivity index (χ3n) is 5.55. The van der Waals surface area contributed by atoms with Crippen molar-refractivity contribution in [1.29, 1.82) is 0 Å². The molecule has 1 saturated heterocycles. The second-order valence-corrected chi connectivity index (χ2v) is 7.88. The molecule has 0 radical (unpaired) electrons. The molecule has 0 saturated carbocycles. The molecule has 186 valence electrons. The number of likely N-dealkylation sites (N-methyl/N-ethyl adjacent to an activating group) is 1. The first-order valence-electron chi connectivity index (χ1n) is 11.1. The summed E-state index contributed by atoms with van der Waals surface area (Å²) in [6.45, 7) is 6.73. The average Bonchev–Trinajstić information content (AvgIpc) is 2.81. The number of aromatic nitrogens is 2. The SMILES string of the molecule is CCCCCC(CN(O)C=O)C(=O)NNc1ncc(N2CCN(CC)CC2)c(C(F)(F)F)n1. The Morgan fingerprint density at radius 2 is 1.97 bits per heavy atom. The van der Waals surface area contributed by atoms with Crippen molar-refractivity contribution in [3.63, 3.8) is 0 Å². The van der Waals surface area contributed by atoms with Gasteiger partial charge in [-0.3, -0.25) is 25.6 Å². The Kier molecular flexibility index (Phi) is 10.1. The number of amides is 2. The van der Waals surface area contributed by atoms with Gasteiger partial charge in [0, 0.05) is 26.2 Å². The van der Waals surface area contributed by atoms with Crippen LogP contribution in [0.1, 0.15) is 45.2 Å². The van der Waals surface area contributed by atoms with Crippen LogP contribution in [0.15, 0.2) is 6.20 Å². The van der Waals surface area contributed by atoms with E-state index in [1.165, 1.54) is 0 Å². The molecule has 0 aromatic carbocycles. The monoisotopic (exact) mass is 475 g/mol. The summed E-state index contributed by atoms with van der Waals surface area (Å²) in [5.41, 5.74) is 3.44. The molecule has 10 nitrogen and oxygen atoms in total. The number of carbonyl (C=O) groups is 2. The molecule has 1 unspecified atom stereocenters. The van der Waals surface area contributed by atoms with E-state index in [0.29, 0.717) is 44.1 Å². The molecule has 1 fully saturated rings. The summed E-state index contributed by atoms with van der Waals surface area (Å²) in [6, 6.07) is 0. The molecule has 2 heterocycles. The van der Waals surface area contributed by atoms with E-state index in [1.54, 1.807) is 4.90 Å². The minimum atomic E-state index is -4.70. The first kappa shape index (κ1) is 26.6. The molecule has 0 spiro atoms. The largest absolute Gasteiger partial charge is 0.435 e. The first-order chi connectivity index (χ1) is 15.7. The second-order valence-electron chi connectivity index (χ2n) is 7.88. The van der Waals surface area contributed by atoms with Crippen LogP contribution in [0.5, 0.6) is 0 Å². The van der Waals surface area contributed by atoms with E-state index < -0.39 is 29.6 Å². The maximum atomic E-state index is 13.7. The van der Waals surface area contributed by atoms with Gasteiger partial charge in [-0.2, -0.15) is 13.2 Å². The third kappa shape index (κ3) is 8.00. The summed E-state index contributed by atoms with van der Waals surface area (Å²) >= 11 is 0. The highest BCUT2D eigenvalue weighted by Crippen LogP contribution is 2.35. The lowest BCUT2D eigenvalue weighted by Crippen LogP contribution is -2.47. The van der Waals surface area contributed by atoms with Gasteiger partial charge in [0.2, 0.25) is 18.3 Å². The molecule has 1 atom stereocenters. The molecule has 2 amide bonds. The molecule has 1 aliphatic rings. The Bertz CT molecular complexity index is 774. The third-order valence-corrected chi connectivity index (χ3v) is 5.55. The van der Waals surface area contributed by atoms with Gasteiger partial charge < -0.3 is 9.80 Å². The fourth-order valence-electron chi connectivity index (χ4n) is 3.62. The smallest absolute Gasteiger partial charge is 0.366 e. The highest BCUT2D eigenvalue weighted by Gasteiger charge is 2.38. The van der Waals surface area contributed by atoms with Crippen LogP contribution in [-0.4, -0.2) is 76.7 Å². The van der Waals surface area contributed by atoms with Crippen molar-refractivity contribution in [3.05, 3.63) is 11.9 Å². The standard InChI is InChI=1S/C20H32F3N7O3/c1-3-5-6-7-15(13-30(33)14-31)18(32)26-27-19-24-12-16(17(25-19)20(21,22)23)29-10-8-28(4-2)9-11-29/h12,14-15,33H,3-11,13H2,1-2H3,(H,26,32)(H,24,25,27). The van der Waals surface area contributed by atoms with E-state index >= 15 is 0 Å². The predicted octanol–water partition coefficient (Wildman–Crippen LogP) is 2.12. The average molecular weight is 476 g/mol. The molecule has 0 bridgehead atoms. The fraction of sp³-hybridized carbons (Fsp3) is 0.700. The number of piperazine rings is 1. The number of anilines is 2. The van der Waals surface area contributed by atoms with Crippen LogP contribution in [0.2, 0.25) is 0 Å². The second kappa shape index (κ2) is 12.5. The Labute approximate surface area is 191 Å². The zero-order valence-electron chi connectivity index (χ0n) is 18.9. The summed E-state index contributed by atoms with van der Waals surface area (Å²) < 4.78 is 41.1. The maximum Gasteiger partial charge on any atom is 0.435 e. The Balaban J connectivity index is 2.10. The summed E-state index contributed by atoms with van der Waals surface area (Å²) in [7, 11) is 0. The molecule has 3 N–H and O–H groups in total. The normalized spacial score (nSPS) is 15.8. The molecule has 2 rings (SSSR count). The van der Waals surface area contributed by atoms with Crippen molar-refractivity contribution >= 4 is 24.0 Å². The zero-order chi connectivity index (χ0) is 24.4. The number of hydrazine groups is 1. The summed E-state index contributed by atoms with van der Waals surface area (Å²) in [4.78, 5) is 34.5. The number of nitrogens with one attached hydrogen (secondary N) is 2. The van der Waals surface area contributed by atoms with Crippen LogP contribution < -0.4 is 15.8 Å². The van der Waals surface area contributed by atoms with Gasteiger partial charge in [0.1, 0.15) is 0 Å². The van der Waals surface area contributed by atoms with E-state index in [-0.39, 0.29) is 18.6 Å². The topological polar surface area (TPSA) is 114 Å². The molecule has 33 heavy (non-hydrogen) atoms. The molecule has 1 aliphatic heterocycles.